The number of aliphatic carboxylic acids is 1. The van der Waals surface area contributed by atoms with Gasteiger partial charge in [-0.15, -0.1) is 0 Å². The quantitative estimate of drug-likeness (QED) is 0.852. The van der Waals surface area contributed by atoms with E-state index in [4.69, 9.17) is 15.6 Å². The van der Waals surface area contributed by atoms with Crippen LogP contribution >= 0.6 is 0 Å². The third-order valence-corrected chi connectivity index (χ3v) is 4.83. The van der Waals surface area contributed by atoms with E-state index in [-0.39, 0.29) is 0 Å². The van der Waals surface area contributed by atoms with Crippen LogP contribution in [-0.4, -0.2) is 60.9 Å². The van der Waals surface area contributed by atoms with Gasteiger partial charge in [-0.05, 0) is 37.3 Å². The predicted molar refractivity (Wildman–Crippen MR) is 94.1 cm³/mol. The van der Waals surface area contributed by atoms with Gasteiger partial charge in [-0.1, -0.05) is 18.2 Å². The Labute approximate surface area is 151 Å². The van der Waals surface area contributed by atoms with E-state index < -0.39 is 12.1 Å². The summed E-state index contributed by atoms with van der Waals surface area (Å²) in [6.45, 7) is 5.96. The molecule has 1 aromatic carbocycles. The Morgan fingerprint density at radius 1 is 1.12 bits per heavy atom. The zero-order valence-electron chi connectivity index (χ0n) is 14.7. The summed E-state index contributed by atoms with van der Waals surface area (Å²) in [5.41, 5.74) is 7.37. The number of halogens is 3. The van der Waals surface area contributed by atoms with E-state index >= 15 is 0 Å². The van der Waals surface area contributed by atoms with Gasteiger partial charge in [0.05, 0.1) is 0 Å². The number of para-hydroxylation sites is 1. The molecule has 2 aliphatic rings. The molecule has 3 rings (SSSR count). The molecule has 1 aromatic rings. The third kappa shape index (κ3) is 6.49. The fourth-order valence-corrected chi connectivity index (χ4v) is 3.47. The monoisotopic (exact) mass is 373 g/mol. The van der Waals surface area contributed by atoms with E-state index in [0.29, 0.717) is 6.04 Å². The average molecular weight is 373 g/mol. The Morgan fingerprint density at radius 3 is 2.15 bits per heavy atom. The van der Waals surface area contributed by atoms with Crippen LogP contribution in [0.2, 0.25) is 0 Å². The normalized spacial score (nSPS) is 24.1. The van der Waals surface area contributed by atoms with Crippen LogP contribution < -0.4 is 10.6 Å². The van der Waals surface area contributed by atoms with Crippen LogP contribution in [-0.2, 0) is 4.79 Å². The van der Waals surface area contributed by atoms with Crippen molar-refractivity contribution in [2.45, 2.75) is 31.5 Å². The number of anilines is 1. The first-order valence-corrected chi connectivity index (χ1v) is 8.83. The summed E-state index contributed by atoms with van der Waals surface area (Å²) in [7, 11) is 0. The van der Waals surface area contributed by atoms with Gasteiger partial charge in [0.1, 0.15) is 0 Å². The molecule has 1 saturated carbocycles. The van der Waals surface area contributed by atoms with Crippen molar-refractivity contribution in [2.24, 2.45) is 11.7 Å². The Kier molecular flexibility index (Phi) is 7.28. The fraction of sp³-hybridized carbons (Fsp3) is 0.611. The molecule has 1 aliphatic heterocycles. The van der Waals surface area contributed by atoms with Crippen molar-refractivity contribution in [1.29, 1.82) is 0 Å². The second-order valence-corrected chi connectivity index (χ2v) is 6.87. The van der Waals surface area contributed by atoms with Crippen LogP contribution in [0.3, 0.4) is 0 Å². The maximum atomic E-state index is 10.6. The number of rotatable bonds is 3. The molecular formula is C18H26F3N3O2. The first-order valence-electron chi connectivity index (χ1n) is 8.83. The van der Waals surface area contributed by atoms with Gasteiger partial charge in [0.15, 0.2) is 0 Å². The zero-order chi connectivity index (χ0) is 19.2. The van der Waals surface area contributed by atoms with Crippen molar-refractivity contribution >= 4 is 11.7 Å². The number of carboxylic acid groups (broad SMARTS) is 1. The zero-order valence-corrected chi connectivity index (χ0v) is 14.7. The summed E-state index contributed by atoms with van der Waals surface area (Å²) in [4.78, 5) is 14.0. The number of alkyl halides is 3. The highest BCUT2D eigenvalue weighted by Crippen LogP contribution is 2.25. The number of nitrogens with two attached hydrogens (primary N) is 1. The maximum Gasteiger partial charge on any atom is 0.490 e. The Morgan fingerprint density at radius 2 is 1.69 bits per heavy atom. The minimum absolute atomic E-state index is 0.468. The second kappa shape index (κ2) is 9.23. The van der Waals surface area contributed by atoms with Gasteiger partial charge in [-0.3, -0.25) is 4.90 Å². The Bertz CT molecular complexity index is 561. The van der Waals surface area contributed by atoms with E-state index in [2.05, 4.69) is 40.1 Å². The molecule has 8 heteroatoms. The number of nitrogens with zero attached hydrogens (tertiary/aromatic N) is 2. The van der Waals surface area contributed by atoms with Crippen molar-refractivity contribution in [3.8, 4) is 0 Å². The molecule has 2 fully saturated rings. The molecule has 0 amide bonds. The Hall–Kier alpha value is -1.80. The summed E-state index contributed by atoms with van der Waals surface area (Å²) in [6.07, 6.45) is -1.28. The fourth-order valence-electron chi connectivity index (χ4n) is 3.47. The number of carboxylic acids is 1. The number of benzene rings is 1. The van der Waals surface area contributed by atoms with Crippen LogP contribution in [0, 0.1) is 5.92 Å². The highest BCUT2D eigenvalue weighted by atomic mass is 19.4. The minimum atomic E-state index is -5.08. The summed E-state index contributed by atoms with van der Waals surface area (Å²) in [6, 6.07) is 11.2. The van der Waals surface area contributed by atoms with Crippen molar-refractivity contribution in [2.75, 3.05) is 37.6 Å². The summed E-state index contributed by atoms with van der Waals surface area (Å²) >= 11 is 0. The molecular weight excluding hydrogens is 347 g/mol. The highest BCUT2D eigenvalue weighted by molar-refractivity contribution is 5.73. The lowest BCUT2D eigenvalue weighted by Gasteiger charge is -2.37. The van der Waals surface area contributed by atoms with E-state index in [0.717, 1.165) is 19.0 Å². The molecule has 0 aromatic heterocycles. The largest absolute Gasteiger partial charge is 0.490 e. The molecule has 0 unspecified atom stereocenters. The lowest BCUT2D eigenvalue weighted by atomic mass is 10.1. The predicted octanol–water partition coefficient (Wildman–Crippen LogP) is 2.57. The van der Waals surface area contributed by atoms with E-state index in [1.807, 2.05) is 0 Å². The molecule has 1 aliphatic carbocycles. The smallest absolute Gasteiger partial charge is 0.475 e. The lowest BCUT2D eigenvalue weighted by Crippen LogP contribution is -2.47. The number of piperazine rings is 1. The minimum Gasteiger partial charge on any atom is -0.475 e. The Balaban J connectivity index is 0.000000298. The summed E-state index contributed by atoms with van der Waals surface area (Å²) in [5.74, 6) is -1.91. The van der Waals surface area contributed by atoms with Crippen molar-refractivity contribution < 1.29 is 23.1 Å². The van der Waals surface area contributed by atoms with Crippen LogP contribution in [0.1, 0.15) is 19.3 Å². The first kappa shape index (κ1) is 20.5. The molecule has 5 nitrogen and oxygen atoms in total. The van der Waals surface area contributed by atoms with E-state index in [9.17, 15) is 13.2 Å². The lowest BCUT2D eigenvalue weighted by molar-refractivity contribution is -0.192. The molecule has 2 atom stereocenters. The van der Waals surface area contributed by atoms with Crippen molar-refractivity contribution in [1.82, 2.24) is 4.90 Å². The van der Waals surface area contributed by atoms with Gasteiger partial charge in [-0.25, -0.2) is 4.79 Å². The maximum absolute atomic E-state index is 10.6. The molecule has 146 valence electrons. The SMILES string of the molecule is N[C@H]1CC[C@@H](CN2CCN(c3ccccc3)CC2)C1.O=C(O)C(F)(F)F. The molecule has 1 heterocycles. The third-order valence-electron chi connectivity index (χ3n) is 4.83. The summed E-state index contributed by atoms with van der Waals surface area (Å²) < 4.78 is 31.7. The topological polar surface area (TPSA) is 69.8 Å². The summed E-state index contributed by atoms with van der Waals surface area (Å²) in [5, 5.41) is 7.12. The molecule has 0 radical (unpaired) electrons. The van der Waals surface area contributed by atoms with Gasteiger partial charge in [0.2, 0.25) is 0 Å². The first-order chi connectivity index (χ1) is 12.3. The van der Waals surface area contributed by atoms with Crippen LogP contribution in [0.4, 0.5) is 18.9 Å². The van der Waals surface area contributed by atoms with Gasteiger partial charge in [0, 0.05) is 44.5 Å². The van der Waals surface area contributed by atoms with Crippen molar-refractivity contribution in [3.05, 3.63) is 30.3 Å². The van der Waals surface area contributed by atoms with Crippen LogP contribution in [0.15, 0.2) is 30.3 Å². The molecule has 0 spiro atoms. The molecule has 3 N–H and O–H groups in total. The van der Waals surface area contributed by atoms with Crippen LogP contribution in [0.5, 0.6) is 0 Å². The number of carbonyl (C=O) groups is 1. The van der Waals surface area contributed by atoms with Gasteiger partial charge in [0.25, 0.3) is 0 Å². The molecule has 1 saturated heterocycles. The van der Waals surface area contributed by atoms with E-state index in [1.165, 1.54) is 44.6 Å². The van der Waals surface area contributed by atoms with Gasteiger partial charge >= 0.3 is 12.1 Å². The number of hydrogen-bond donors (Lipinski definition) is 2. The average Bonchev–Trinajstić information content (AvgIpc) is 3.01. The second-order valence-electron chi connectivity index (χ2n) is 6.87. The van der Waals surface area contributed by atoms with Gasteiger partial charge < -0.3 is 15.7 Å². The molecule has 26 heavy (non-hydrogen) atoms. The van der Waals surface area contributed by atoms with Crippen molar-refractivity contribution in [3.63, 3.8) is 0 Å². The highest BCUT2D eigenvalue weighted by Gasteiger charge is 2.38. The van der Waals surface area contributed by atoms with Crippen LogP contribution in [0.25, 0.3) is 0 Å². The molecule has 0 bridgehead atoms. The number of hydrogen-bond acceptors (Lipinski definition) is 4. The van der Waals surface area contributed by atoms with Gasteiger partial charge in [-0.2, -0.15) is 13.2 Å². The van der Waals surface area contributed by atoms with E-state index in [1.54, 1.807) is 0 Å². The standard InChI is InChI=1S/C16H25N3.C2HF3O2/c17-15-7-6-14(12-15)13-18-8-10-19(11-9-18)16-4-2-1-3-5-16;3-2(4,5)1(6)7/h1-5,14-15H,6-13,17H2;(H,6,7)/t14-,15+;/m1./s1.